The van der Waals surface area contributed by atoms with Crippen LogP contribution in [0, 0.1) is 11.3 Å². The molecule has 2 amide bonds. The van der Waals surface area contributed by atoms with Crippen LogP contribution in [-0.4, -0.2) is 37.0 Å². The predicted molar refractivity (Wildman–Crippen MR) is 99.9 cm³/mol. The quantitative estimate of drug-likeness (QED) is 0.604. The summed E-state index contributed by atoms with van der Waals surface area (Å²) >= 11 is 0. The van der Waals surface area contributed by atoms with E-state index >= 15 is 0 Å². The van der Waals surface area contributed by atoms with E-state index in [1.54, 1.807) is 38.3 Å². The van der Waals surface area contributed by atoms with Crippen molar-refractivity contribution in [3.63, 3.8) is 0 Å². The first-order chi connectivity index (χ1) is 13.0. The van der Waals surface area contributed by atoms with E-state index in [-0.39, 0.29) is 17.5 Å². The van der Waals surface area contributed by atoms with Crippen molar-refractivity contribution >= 4 is 17.9 Å². The van der Waals surface area contributed by atoms with Gasteiger partial charge in [-0.3, -0.25) is 14.5 Å². The van der Waals surface area contributed by atoms with Gasteiger partial charge in [0, 0.05) is 23.2 Å². The lowest BCUT2D eigenvalue weighted by Crippen LogP contribution is -2.47. The van der Waals surface area contributed by atoms with Crippen LogP contribution in [0.25, 0.3) is 6.08 Å². The van der Waals surface area contributed by atoms with Gasteiger partial charge in [0.2, 0.25) is 0 Å². The van der Waals surface area contributed by atoms with Gasteiger partial charge in [0.25, 0.3) is 11.8 Å². The lowest BCUT2D eigenvalue weighted by molar-refractivity contribution is -0.143. The van der Waals surface area contributed by atoms with Gasteiger partial charge in [0.05, 0.1) is 14.2 Å². The molecule has 1 aromatic rings. The van der Waals surface area contributed by atoms with E-state index in [1.807, 2.05) is 6.07 Å². The Kier molecular flexibility index (Phi) is 5.31. The fraction of sp³-hybridized carbons (Fsp3) is 0.381. The van der Waals surface area contributed by atoms with Crippen LogP contribution in [0.15, 0.2) is 34.9 Å². The molecule has 0 N–H and O–H groups in total. The standard InChI is InChI=1S/C21H22N2O4/c1-13-17(10-14-8-9-16(26-2)11-19(14)27-3)20(24)23(15-6-4-5-7-15)21(25)18(13)12-22/h8-11,15H,4-7H2,1-3H3/b17-10+. The third-order valence-corrected chi connectivity index (χ3v) is 5.20. The Morgan fingerprint density at radius 2 is 1.85 bits per heavy atom. The smallest absolute Gasteiger partial charge is 0.271 e. The Morgan fingerprint density at radius 3 is 2.44 bits per heavy atom. The van der Waals surface area contributed by atoms with Gasteiger partial charge in [-0.1, -0.05) is 12.8 Å². The molecule has 2 aliphatic rings. The van der Waals surface area contributed by atoms with Crippen LogP contribution in [0.4, 0.5) is 0 Å². The molecule has 0 atom stereocenters. The topological polar surface area (TPSA) is 79.6 Å². The highest BCUT2D eigenvalue weighted by atomic mass is 16.5. The summed E-state index contributed by atoms with van der Waals surface area (Å²) in [4.78, 5) is 27.2. The molecule has 3 rings (SSSR count). The van der Waals surface area contributed by atoms with E-state index in [9.17, 15) is 14.9 Å². The van der Waals surface area contributed by atoms with Gasteiger partial charge in [-0.2, -0.15) is 5.26 Å². The van der Waals surface area contributed by atoms with Crippen molar-refractivity contribution in [3.05, 3.63) is 40.5 Å². The van der Waals surface area contributed by atoms with Crippen molar-refractivity contribution in [2.45, 2.75) is 38.6 Å². The van der Waals surface area contributed by atoms with Crippen LogP contribution in [0.3, 0.4) is 0 Å². The van der Waals surface area contributed by atoms with Crippen LogP contribution in [0.5, 0.6) is 11.5 Å². The highest BCUT2D eigenvalue weighted by Gasteiger charge is 2.40. The minimum atomic E-state index is -0.481. The van der Waals surface area contributed by atoms with Crippen LogP contribution in [0.1, 0.15) is 38.2 Å². The zero-order chi connectivity index (χ0) is 19.6. The first-order valence-corrected chi connectivity index (χ1v) is 8.94. The number of carbonyl (C=O) groups excluding carboxylic acids is 2. The maximum absolute atomic E-state index is 13.1. The second kappa shape index (κ2) is 7.67. The molecule has 0 saturated heterocycles. The molecule has 6 heteroatoms. The molecule has 0 spiro atoms. The fourth-order valence-electron chi connectivity index (χ4n) is 3.69. The number of amides is 2. The number of benzene rings is 1. The number of ether oxygens (including phenoxy) is 2. The number of hydrogen-bond donors (Lipinski definition) is 0. The maximum Gasteiger partial charge on any atom is 0.271 e. The number of carbonyl (C=O) groups is 2. The summed E-state index contributed by atoms with van der Waals surface area (Å²) in [5.41, 5.74) is 1.46. The van der Waals surface area contributed by atoms with Gasteiger partial charge < -0.3 is 9.47 Å². The SMILES string of the molecule is COc1ccc(/C=C2/C(=O)N(C3CCCC3)C(=O)C(C#N)=C2C)c(OC)c1. The minimum Gasteiger partial charge on any atom is -0.497 e. The molecule has 140 valence electrons. The van der Waals surface area contributed by atoms with Crippen molar-refractivity contribution in [2.24, 2.45) is 0 Å². The normalized spacial score (nSPS) is 19.6. The fourth-order valence-corrected chi connectivity index (χ4v) is 3.69. The monoisotopic (exact) mass is 366 g/mol. The first-order valence-electron chi connectivity index (χ1n) is 8.94. The third-order valence-electron chi connectivity index (χ3n) is 5.20. The Labute approximate surface area is 158 Å². The molecule has 0 radical (unpaired) electrons. The zero-order valence-electron chi connectivity index (χ0n) is 15.7. The van der Waals surface area contributed by atoms with Crippen molar-refractivity contribution < 1.29 is 19.1 Å². The van der Waals surface area contributed by atoms with Gasteiger partial charge in [-0.05, 0) is 43.5 Å². The third kappa shape index (κ3) is 3.33. The summed E-state index contributed by atoms with van der Waals surface area (Å²) in [5.74, 6) is 0.356. The molecular weight excluding hydrogens is 344 g/mol. The summed E-state index contributed by atoms with van der Waals surface area (Å²) in [7, 11) is 3.10. The van der Waals surface area contributed by atoms with E-state index in [2.05, 4.69) is 0 Å². The zero-order valence-corrected chi connectivity index (χ0v) is 15.7. The van der Waals surface area contributed by atoms with Gasteiger partial charge in [0.15, 0.2) is 0 Å². The molecule has 0 aromatic heterocycles. The Morgan fingerprint density at radius 1 is 1.15 bits per heavy atom. The lowest BCUT2D eigenvalue weighted by Gasteiger charge is -2.32. The van der Waals surface area contributed by atoms with Crippen molar-refractivity contribution in [3.8, 4) is 17.6 Å². The molecular formula is C21H22N2O4. The average molecular weight is 366 g/mol. The van der Waals surface area contributed by atoms with Crippen molar-refractivity contribution in [1.29, 1.82) is 5.26 Å². The number of rotatable bonds is 4. The molecule has 1 heterocycles. The first kappa shape index (κ1) is 18.7. The number of nitriles is 1. The summed E-state index contributed by atoms with van der Waals surface area (Å²) < 4.78 is 10.6. The molecule has 1 fully saturated rings. The van der Waals surface area contributed by atoms with Crippen molar-refractivity contribution in [2.75, 3.05) is 14.2 Å². The molecule has 0 unspecified atom stereocenters. The number of methoxy groups -OCH3 is 2. The Hall–Kier alpha value is -3.07. The van der Waals surface area contributed by atoms with Gasteiger partial charge >= 0.3 is 0 Å². The predicted octanol–water partition coefficient (Wildman–Crippen LogP) is 3.24. The van der Waals surface area contributed by atoms with Gasteiger partial charge in [-0.15, -0.1) is 0 Å². The molecule has 1 saturated carbocycles. The van der Waals surface area contributed by atoms with Gasteiger partial charge in [0.1, 0.15) is 23.1 Å². The second-order valence-electron chi connectivity index (χ2n) is 6.70. The number of hydrogen-bond acceptors (Lipinski definition) is 5. The van der Waals surface area contributed by atoms with Crippen LogP contribution in [0.2, 0.25) is 0 Å². The summed E-state index contributed by atoms with van der Waals surface area (Å²) in [6.07, 6.45) is 5.22. The Bertz CT molecular complexity index is 886. The number of nitrogens with zero attached hydrogens (tertiary/aromatic N) is 2. The maximum atomic E-state index is 13.1. The van der Waals surface area contributed by atoms with Crippen LogP contribution in [-0.2, 0) is 9.59 Å². The lowest BCUT2D eigenvalue weighted by atomic mass is 9.92. The van der Waals surface area contributed by atoms with E-state index < -0.39 is 5.91 Å². The molecule has 1 aliphatic heterocycles. The highest BCUT2D eigenvalue weighted by Crippen LogP contribution is 2.34. The van der Waals surface area contributed by atoms with Crippen molar-refractivity contribution in [1.82, 2.24) is 4.90 Å². The van der Waals surface area contributed by atoms with Crippen LogP contribution < -0.4 is 9.47 Å². The molecule has 27 heavy (non-hydrogen) atoms. The summed E-state index contributed by atoms with van der Waals surface area (Å²) in [6.45, 7) is 1.64. The second-order valence-corrected chi connectivity index (χ2v) is 6.70. The summed E-state index contributed by atoms with van der Waals surface area (Å²) in [6, 6.07) is 7.13. The van der Waals surface area contributed by atoms with E-state index in [0.29, 0.717) is 28.2 Å². The van der Waals surface area contributed by atoms with E-state index in [4.69, 9.17) is 9.47 Å². The minimum absolute atomic E-state index is 0.0280. The Balaban J connectivity index is 2.11. The number of imide groups is 1. The van der Waals surface area contributed by atoms with E-state index in [1.165, 1.54) is 12.0 Å². The molecule has 0 bridgehead atoms. The summed E-state index contributed by atoms with van der Waals surface area (Å²) in [5, 5.41) is 9.50. The largest absolute Gasteiger partial charge is 0.497 e. The highest BCUT2D eigenvalue weighted by molar-refractivity contribution is 6.20. The van der Waals surface area contributed by atoms with Crippen LogP contribution >= 0.6 is 0 Å². The van der Waals surface area contributed by atoms with E-state index in [0.717, 1.165) is 25.7 Å². The molecule has 1 aromatic carbocycles. The molecule has 1 aliphatic carbocycles. The van der Waals surface area contributed by atoms with Gasteiger partial charge in [-0.25, -0.2) is 0 Å². The average Bonchev–Trinajstić information content (AvgIpc) is 3.19. The molecule has 6 nitrogen and oxygen atoms in total.